The van der Waals surface area contributed by atoms with E-state index in [9.17, 15) is 0 Å². The topological polar surface area (TPSA) is 0 Å². The number of rotatable bonds is 3. The molecule has 0 nitrogen and oxygen atoms in total. The van der Waals surface area contributed by atoms with Gasteiger partial charge in [0.1, 0.15) is 0 Å². The van der Waals surface area contributed by atoms with Gasteiger partial charge in [0.05, 0.1) is 0 Å². The summed E-state index contributed by atoms with van der Waals surface area (Å²) in [5.74, 6) is 0. The Morgan fingerprint density at radius 2 is 0.852 bits per heavy atom. The van der Waals surface area contributed by atoms with E-state index in [1.54, 1.807) is 0 Å². The smallest absolute Gasteiger partial charge is 0 e. The second-order valence-electron chi connectivity index (χ2n) is 4.77. The predicted octanol–water partition coefficient (Wildman–Crippen LogP) is 8.27. The third-order valence-electron chi connectivity index (χ3n) is 3.46. The van der Waals surface area contributed by atoms with Crippen LogP contribution in [-0.2, 0) is 38.9 Å². The Balaban J connectivity index is 0. The molecule has 2 heteroatoms. The Morgan fingerprint density at radius 1 is 0.556 bits per heavy atom. The summed E-state index contributed by atoms with van der Waals surface area (Å²) < 4.78 is 0. The van der Waals surface area contributed by atoms with Crippen LogP contribution >= 0.6 is 9.24 Å². The first-order chi connectivity index (χ1) is 12.9. The van der Waals surface area contributed by atoms with Gasteiger partial charge < -0.3 is 0 Å². The first-order valence-electron chi connectivity index (χ1n) is 9.73. The molecular weight excluding hydrogens is 420 g/mol. The van der Waals surface area contributed by atoms with Crippen molar-refractivity contribution in [3.8, 4) is 22.3 Å². The van der Waals surface area contributed by atoms with Crippen molar-refractivity contribution >= 4 is 9.24 Å². The number of hydrogen-bond acceptors (Lipinski definition) is 0. The molecule has 0 saturated carbocycles. The summed E-state index contributed by atoms with van der Waals surface area (Å²) in [5.41, 5.74) is 6.33. The van der Waals surface area contributed by atoms with Crippen molar-refractivity contribution in [3.05, 3.63) is 84.4 Å². The van der Waals surface area contributed by atoms with Crippen LogP contribution in [0.3, 0.4) is 0 Å². The second-order valence-corrected chi connectivity index (χ2v) is 5.18. The van der Waals surface area contributed by atoms with Crippen molar-refractivity contribution in [1.29, 1.82) is 0 Å². The molecule has 0 amide bonds. The summed E-state index contributed by atoms with van der Waals surface area (Å²) in [5, 5.41) is 0. The van der Waals surface area contributed by atoms with Gasteiger partial charge in [0.25, 0.3) is 0 Å². The quantitative estimate of drug-likeness (QED) is 0.276. The first kappa shape index (κ1) is 28.4. The molecule has 0 aliphatic rings. The van der Waals surface area contributed by atoms with Crippen LogP contribution in [-0.4, -0.2) is 0 Å². The Bertz CT molecular complexity index is 674. The molecule has 3 aromatic carbocycles. The zero-order valence-electron chi connectivity index (χ0n) is 17.8. The van der Waals surface area contributed by atoms with Gasteiger partial charge in [-0.25, -0.2) is 0 Å². The maximum atomic E-state index is 3.05. The van der Waals surface area contributed by atoms with Crippen molar-refractivity contribution in [2.75, 3.05) is 0 Å². The van der Waals surface area contributed by atoms with Crippen LogP contribution in [0.4, 0.5) is 0 Å². The van der Waals surface area contributed by atoms with E-state index in [-0.39, 0.29) is 32.7 Å². The Hall–Kier alpha value is -0.806. The van der Waals surface area contributed by atoms with E-state index in [1.807, 2.05) is 53.7 Å². The van der Waals surface area contributed by atoms with Gasteiger partial charge >= 0.3 is 0 Å². The molecule has 0 bridgehead atoms. The molecule has 3 rings (SSSR count). The van der Waals surface area contributed by atoms with Gasteiger partial charge in [0.2, 0.25) is 0 Å². The van der Waals surface area contributed by atoms with Crippen molar-refractivity contribution in [3.63, 3.8) is 0 Å². The molecule has 0 aromatic heterocycles. The molecule has 0 N–H and O–H groups in total. The van der Waals surface area contributed by atoms with E-state index in [0.717, 1.165) is 6.16 Å². The summed E-state index contributed by atoms with van der Waals surface area (Å²) in [7, 11) is 2.75. The van der Waals surface area contributed by atoms with Gasteiger partial charge in [-0.15, -0.1) is 14.8 Å². The molecule has 0 spiro atoms. The van der Waals surface area contributed by atoms with Crippen LogP contribution < -0.4 is 0 Å². The molecule has 0 aliphatic heterocycles. The van der Waals surface area contributed by atoms with E-state index in [2.05, 4.69) is 76.0 Å². The summed E-state index contributed by atoms with van der Waals surface area (Å²) in [4.78, 5) is 0. The van der Waals surface area contributed by atoms with E-state index in [1.165, 1.54) is 27.8 Å². The SMILES string of the molecule is CC.CC.CC.PCc1ccc(-c2ccc(-c3cc[c-]cc3)cc2)cc1.[Y]. The summed E-state index contributed by atoms with van der Waals surface area (Å²) in [6.45, 7) is 12.0. The Morgan fingerprint density at radius 3 is 1.19 bits per heavy atom. The zero-order chi connectivity index (χ0) is 19.8. The van der Waals surface area contributed by atoms with E-state index in [4.69, 9.17) is 0 Å². The minimum atomic E-state index is 0. The van der Waals surface area contributed by atoms with E-state index >= 15 is 0 Å². The molecule has 0 saturated heterocycles. The Kier molecular flexibility index (Phi) is 19.5. The van der Waals surface area contributed by atoms with Crippen LogP contribution in [0.15, 0.2) is 72.8 Å². The van der Waals surface area contributed by atoms with Gasteiger partial charge in [-0.3, -0.25) is 0 Å². The summed E-state index contributed by atoms with van der Waals surface area (Å²) in [6.07, 6.45) is 1.00. The van der Waals surface area contributed by atoms with Crippen molar-refractivity contribution in [2.45, 2.75) is 47.7 Å². The maximum absolute atomic E-state index is 3.05. The molecule has 0 heterocycles. The van der Waals surface area contributed by atoms with Crippen molar-refractivity contribution < 1.29 is 32.7 Å². The van der Waals surface area contributed by atoms with E-state index in [0.29, 0.717) is 0 Å². The standard InChI is InChI=1S/C19H16P.3C2H6.Y/c20-14-15-6-8-17(9-7-15)19-12-10-18(11-13-19)16-4-2-1-3-5-16;3*1-2;/h2-13H,14,20H2;3*1-2H3;/q-1;;;;. The average Bonchev–Trinajstić information content (AvgIpc) is 2.79. The minimum Gasteiger partial charge on any atom is -0.184 e. The third-order valence-corrected chi connectivity index (χ3v) is 3.93. The van der Waals surface area contributed by atoms with Gasteiger partial charge in [0.15, 0.2) is 0 Å². The van der Waals surface area contributed by atoms with Crippen LogP contribution in [0.1, 0.15) is 47.1 Å². The molecule has 1 radical (unpaired) electrons. The van der Waals surface area contributed by atoms with Gasteiger partial charge in [-0.2, -0.15) is 30.3 Å². The fraction of sp³-hybridized carbons (Fsp3) is 0.280. The Labute approximate surface area is 195 Å². The molecular formula is C25H34PY-. The number of benzene rings is 3. The molecule has 27 heavy (non-hydrogen) atoms. The fourth-order valence-electron chi connectivity index (χ4n) is 2.27. The third kappa shape index (κ3) is 9.80. The van der Waals surface area contributed by atoms with Crippen LogP contribution in [0, 0.1) is 6.07 Å². The normalized spacial score (nSPS) is 8.41. The van der Waals surface area contributed by atoms with Crippen LogP contribution in [0.2, 0.25) is 0 Å². The van der Waals surface area contributed by atoms with Gasteiger partial charge in [-0.05, 0) is 28.4 Å². The van der Waals surface area contributed by atoms with Crippen molar-refractivity contribution in [1.82, 2.24) is 0 Å². The molecule has 143 valence electrons. The van der Waals surface area contributed by atoms with Crippen molar-refractivity contribution in [2.24, 2.45) is 0 Å². The molecule has 1 atom stereocenters. The molecule has 1 unspecified atom stereocenters. The monoisotopic (exact) mass is 454 g/mol. The molecule has 3 aromatic rings. The van der Waals surface area contributed by atoms with Gasteiger partial charge in [0, 0.05) is 32.7 Å². The van der Waals surface area contributed by atoms with E-state index < -0.39 is 0 Å². The largest absolute Gasteiger partial charge is 0.184 e. The second kappa shape index (κ2) is 18.6. The number of hydrogen-bond donors (Lipinski definition) is 0. The molecule has 0 aliphatic carbocycles. The summed E-state index contributed by atoms with van der Waals surface area (Å²) in [6, 6.07) is 28.6. The van der Waals surface area contributed by atoms with Crippen LogP contribution in [0.25, 0.3) is 22.3 Å². The zero-order valence-corrected chi connectivity index (χ0v) is 21.8. The predicted molar refractivity (Wildman–Crippen MR) is 124 cm³/mol. The fourth-order valence-corrected chi connectivity index (χ4v) is 2.54. The summed E-state index contributed by atoms with van der Waals surface area (Å²) >= 11 is 0. The van der Waals surface area contributed by atoms with Crippen LogP contribution in [0.5, 0.6) is 0 Å². The molecule has 0 fully saturated rings. The minimum absolute atomic E-state index is 0. The first-order valence-corrected chi connectivity index (χ1v) is 10.5. The average molecular weight is 454 g/mol. The van der Waals surface area contributed by atoms with Gasteiger partial charge in [-0.1, -0.05) is 90.1 Å². The maximum Gasteiger partial charge on any atom is 0 e.